The van der Waals surface area contributed by atoms with E-state index in [-0.39, 0.29) is 74.2 Å². The second-order valence-corrected chi connectivity index (χ2v) is 11.1. The number of carbonyl (C=O) groups is 1. The van der Waals surface area contributed by atoms with E-state index in [1.807, 2.05) is 0 Å². The number of fused-ring (bicyclic) bond motifs is 1. The van der Waals surface area contributed by atoms with Crippen molar-refractivity contribution in [2.45, 2.75) is 63.7 Å². The Bertz CT molecular complexity index is 1600. The Kier molecular flexibility index (Phi) is 12.1. The van der Waals surface area contributed by atoms with E-state index in [1.165, 1.54) is 4.90 Å². The van der Waals surface area contributed by atoms with Gasteiger partial charge in [0.1, 0.15) is 6.61 Å². The maximum Gasteiger partial charge on any atom is 0.416 e. The topological polar surface area (TPSA) is 106 Å². The van der Waals surface area contributed by atoms with Gasteiger partial charge in [-0.2, -0.15) is 39.5 Å². The molecule has 0 aliphatic carbocycles. The molecule has 274 valence electrons. The summed E-state index contributed by atoms with van der Waals surface area (Å²) in [5.74, 6) is -0.336. The Hall–Kier alpha value is -4.32. The van der Waals surface area contributed by atoms with E-state index in [4.69, 9.17) is 19.3 Å². The number of aliphatic hydroxyl groups excluding tert-OH is 1. The standard InChI is InChI=1S/C32H33F9N4O5/c1-3-22-16-24(23-15-19(30(33,34)35)5-6-26(23)45(22)29(47)49-4-2)43-28-42-17-27(50-10-9-48-8-7-46)25(44-28)13-18-11-20(31(36,37)38)14-21(12-18)32(39,40)41/h5-6,11-12,14-15,17,22,24,46H,3-4,7-10,13,16H2,1-2H3,(H,42,43,44)/t22-,24+/m1/s1. The van der Waals surface area contributed by atoms with Crippen molar-refractivity contribution in [2.75, 3.05) is 43.3 Å². The van der Waals surface area contributed by atoms with E-state index in [9.17, 15) is 44.3 Å². The molecule has 0 unspecified atom stereocenters. The highest BCUT2D eigenvalue weighted by atomic mass is 19.4. The van der Waals surface area contributed by atoms with E-state index in [0.29, 0.717) is 18.6 Å². The summed E-state index contributed by atoms with van der Waals surface area (Å²) in [5, 5.41) is 11.8. The molecule has 1 amide bonds. The Morgan fingerprint density at radius 3 is 2.16 bits per heavy atom. The number of alkyl halides is 9. The highest BCUT2D eigenvalue weighted by Gasteiger charge is 2.40. The van der Waals surface area contributed by atoms with Crippen LogP contribution in [0.5, 0.6) is 5.75 Å². The fraction of sp³-hybridized carbons (Fsp3) is 0.469. The van der Waals surface area contributed by atoms with Crippen LogP contribution >= 0.6 is 0 Å². The smallest absolute Gasteiger partial charge is 0.416 e. The van der Waals surface area contributed by atoms with E-state index >= 15 is 0 Å². The number of hydrogen-bond acceptors (Lipinski definition) is 8. The van der Waals surface area contributed by atoms with Gasteiger partial charge in [0, 0.05) is 12.5 Å². The Labute approximate surface area is 280 Å². The highest BCUT2D eigenvalue weighted by molar-refractivity contribution is 5.90. The zero-order valence-corrected chi connectivity index (χ0v) is 26.7. The lowest BCUT2D eigenvalue weighted by Crippen LogP contribution is -2.46. The Balaban J connectivity index is 1.77. The van der Waals surface area contributed by atoms with Gasteiger partial charge in [0.2, 0.25) is 5.95 Å². The number of ether oxygens (including phenoxy) is 3. The SMILES string of the molecule is CCOC(=O)N1c2ccc(C(F)(F)F)cc2[C@@H](Nc2ncc(OCCOCCO)c(Cc3cc(C(F)(F)F)cc(C(F)(F)F)c3)n2)C[C@H]1CC. The lowest BCUT2D eigenvalue weighted by Gasteiger charge is -2.40. The molecule has 0 saturated carbocycles. The molecule has 9 nitrogen and oxygen atoms in total. The number of nitrogens with one attached hydrogen (secondary N) is 1. The van der Waals surface area contributed by atoms with Crippen molar-refractivity contribution in [3.05, 3.63) is 76.1 Å². The average Bonchev–Trinajstić information content (AvgIpc) is 3.03. The second kappa shape index (κ2) is 15.7. The first-order chi connectivity index (χ1) is 23.5. The molecule has 0 spiro atoms. The summed E-state index contributed by atoms with van der Waals surface area (Å²) in [7, 11) is 0. The summed E-state index contributed by atoms with van der Waals surface area (Å²) in [6, 6.07) is 2.45. The summed E-state index contributed by atoms with van der Waals surface area (Å²) in [4.78, 5) is 22.7. The number of aliphatic hydroxyl groups is 1. The summed E-state index contributed by atoms with van der Waals surface area (Å²) >= 11 is 0. The van der Waals surface area contributed by atoms with Crippen molar-refractivity contribution in [3.63, 3.8) is 0 Å². The van der Waals surface area contributed by atoms with E-state index in [1.54, 1.807) is 13.8 Å². The Morgan fingerprint density at radius 1 is 0.920 bits per heavy atom. The first kappa shape index (κ1) is 38.5. The lowest BCUT2D eigenvalue weighted by atomic mass is 9.89. The van der Waals surface area contributed by atoms with Crippen LogP contribution in [0.1, 0.15) is 66.2 Å². The molecule has 2 aromatic carbocycles. The molecule has 2 heterocycles. The van der Waals surface area contributed by atoms with Crippen molar-refractivity contribution in [1.29, 1.82) is 0 Å². The van der Waals surface area contributed by atoms with Crippen molar-refractivity contribution in [1.82, 2.24) is 9.97 Å². The van der Waals surface area contributed by atoms with Crippen molar-refractivity contribution >= 4 is 17.7 Å². The highest BCUT2D eigenvalue weighted by Crippen LogP contribution is 2.43. The van der Waals surface area contributed by atoms with Crippen LogP contribution in [0.2, 0.25) is 0 Å². The van der Waals surface area contributed by atoms with Gasteiger partial charge < -0.3 is 24.6 Å². The minimum Gasteiger partial charge on any atom is -0.488 e. The number of aromatic nitrogens is 2. The van der Waals surface area contributed by atoms with Gasteiger partial charge in [-0.25, -0.2) is 14.8 Å². The summed E-state index contributed by atoms with van der Waals surface area (Å²) in [6.45, 7) is 2.85. The third-order valence-electron chi connectivity index (χ3n) is 7.67. The van der Waals surface area contributed by atoms with Crippen LogP contribution in [0, 0.1) is 0 Å². The minimum absolute atomic E-state index is 0.00811. The quantitative estimate of drug-likeness (QED) is 0.144. The number of hydrogen-bond donors (Lipinski definition) is 2. The molecular formula is C32H33F9N4O5. The molecule has 0 radical (unpaired) electrons. The zero-order valence-electron chi connectivity index (χ0n) is 26.7. The summed E-state index contributed by atoms with van der Waals surface area (Å²) in [5.41, 5.74) is -4.43. The normalized spacial score (nSPS) is 16.6. The zero-order chi connectivity index (χ0) is 36.9. The lowest BCUT2D eigenvalue weighted by molar-refractivity contribution is -0.143. The molecule has 1 aliphatic rings. The molecule has 4 rings (SSSR count). The summed E-state index contributed by atoms with van der Waals surface area (Å²) in [6.07, 6.45) is -14.8. The second-order valence-electron chi connectivity index (χ2n) is 11.1. The van der Waals surface area contributed by atoms with Crippen molar-refractivity contribution < 1.29 is 63.6 Å². The maximum absolute atomic E-state index is 13.8. The number of rotatable bonds is 12. The van der Waals surface area contributed by atoms with Gasteiger partial charge in [0.15, 0.2) is 5.75 Å². The number of nitrogens with zero attached hydrogens (tertiary/aromatic N) is 3. The van der Waals surface area contributed by atoms with E-state index in [0.717, 1.165) is 24.4 Å². The molecule has 50 heavy (non-hydrogen) atoms. The van der Waals surface area contributed by atoms with Crippen LogP contribution in [-0.2, 0) is 34.4 Å². The molecule has 1 aliphatic heterocycles. The first-order valence-corrected chi connectivity index (χ1v) is 15.4. The fourth-order valence-corrected chi connectivity index (χ4v) is 5.43. The monoisotopic (exact) mass is 724 g/mol. The fourth-order valence-electron chi connectivity index (χ4n) is 5.43. The maximum atomic E-state index is 13.8. The van der Waals surface area contributed by atoms with E-state index < -0.39 is 65.4 Å². The molecule has 2 N–H and O–H groups in total. The largest absolute Gasteiger partial charge is 0.488 e. The number of halogens is 9. The van der Waals surface area contributed by atoms with Crippen molar-refractivity contribution in [3.8, 4) is 5.75 Å². The first-order valence-electron chi connectivity index (χ1n) is 15.4. The molecule has 18 heteroatoms. The molecular weight excluding hydrogens is 691 g/mol. The van der Waals surface area contributed by atoms with Crippen LogP contribution in [0.25, 0.3) is 0 Å². The van der Waals surface area contributed by atoms with Crippen LogP contribution in [0.3, 0.4) is 0 Å². The number of benzene rings is 2. The minimum atomic E-state index is -5.10. The van der Waals surface area contributed by atoms with Gasteiger partial charge in [-0.1, -0.05) is 6.92 Å². The predicted octanol–water partition coefficient (Wildman–Crippen LogP) is 7.81. The average molecular weight is 725 g/mol. The number of amides is 1. The number of anilines is 2. The van der Waals surface area contributed by atoms with Crippen LogP contribution in [0.4, 0.5) is 55.9 Å². The molecule has 0 bridgehead atoms. The van der Waals surface area contributed by atoms with Gasteiger partial charge in [-0.3, -0.25) is 4.90 Å². The van der Waals surface area contributed by atoms with Gasteiger partial charge in [-0.05, 0) is 67.3 Å². The van der Waals surface area contributed by atoms with Gasteiger partial charge >= 0.3 is 24.6 Å². The third kappa shape index (κ3) is 9.47. The molecule has 1 aromatic heterocycles. The number of carbonyl (C=O) groups excluding carboxylic acids is 1. The summed E-state index contributed by atoms with van der Waals surface area (Å²) < 4.78 is 139. The Morgan fingerprint density at radius 2 is 1.58 bits per heavy atom. The van der Waals surface area contributed by atoms with Gasteiger partial charge in [0.25, 0.3) is 0 Å². The third-order valence-corrected chi connectivity index (χ3v) is 7.67. The van der Waals surface area contributed by atoms with Crippen LogP contribution in [0.15, 0.2) is 42.6 Å². The van der Waals surface area contributed by atoms with Gasteiger partial charge in [0.05, 0.1) is 66.7 Å². The van der Waals surface area contributed by atoms with Crippen LogP contribution < -0.4 is 15.0 Å². The predicted molar refractivity (Wildman–Crippen MR) is 161 cm³/mol. The van der Waals surface area contributed by atoms with Crippen molar-refractivity contribution in [2.24, 2.45) is 0 Å². The molecule has 2 atom stereocenters. The van der Waals surface area contributed by atoms with Gasteiger partial charge in [-0.15, -0.1) is 0 Å². The molecule has 3 aromatic rings. The van der Waals surface area contributed by atoms with E-state index in [2.05, 4.69) is 15.3 Å². The molecule has 0 fully saturated rings. The van der Waals surface area contributed by atoms with Crippen LogP contribution in [-0.4, -0.2) is 60.2 Å². The molecule has 0 saturated heterocycles.